The van der Waals surface area contributed by atoms with Crippen molar-refractivity contribution in [2.75, 3.05) is 26.3 Å². The maximum atomic E-state index is 5.01. The Balaban J connectivity index is 0.000000120. The first-order valence-electron chi connectivity index (χ1n) is 5.28. The lowest BCUT2D eigenvalue weighted by atomic mass is 10.0. The zero-order chi connectivity index (χ0) is 8.49. The summed E-state index contributed by atoms with van der Waals surface area (Å²) >= 11 is 0. The summed E-state index contributed by atoms with van der Waals surface area (Å²) in [6.07, 6.45) is 9.00. The summed E-state index contributed by atoms with van der Waals surface area (Å²) in [5.41, 5.74) is 0. The van der Waals surface area contributed by atoms with Crippen LogP contribution in [0.5, 0.6) is 0 Å². The minimum absolute atomic E-state index is 0.889. The smallest absolute Gasteiger partial charge is 0.0591 e. The van der Waals surface area contributed by atoms with Crippen LogP contribution in [0.25, 0.3) is 0 Å². The summed E-state index contributed by atoms with van der Waals surface area (Å²) in [5, 5.41) is 3.16. The Hall–Kier alpha value is -0.0800. The molecule has 72 valence electrons. The summed E-state index contributed by atoms with van der Waals surface area (Å²) in [5.74, 6) is 0. The maximum absolute atomic E-state index is 5.01. The predicted molar refractivity (Wildman–Crippen MR) is 51.4 cm³/mol. The zero-order valence-corrected chi connectivity index (χ0v) is 7.98. The average molecular weight is 171 g/mol. The van der Waals surface area contributed by atoms with Crippen molar-refractivity contribution in [1.29, 1.82) is 0 Å². The van der Waals surface area contributed by atoms with Crippen LogP contribution in [0.2, 0.25) is 0 Å². The van der Waals surface area contributed by atoms with Gasteiger partial charge in [0.05, 0.1) is 13.2 Å². The molecule has 0 aromatic rings. The van der Waals surface area contributed by atoms with Crippen molar-refractivity contribution in [3.63, 3.8) is 0 Å². The lowest BCUT2D eigenvalue weighted by Crippen LogP contribution is -2.30. The fourth-order valence-electron chi connectivity index (χ4n) is 1.58. The first kappa shape index (κ1) is 10.0. The van der Waals surface area contributed by atoms with Crippen LogP contribution in [-0.2, 0) is 4.74 Å². The minimum atomic E-state index is 0.889. The van der Waals surface area contributed by atoms with Crippen molar-refractivity contribution < 1.29 is 4.74 Å². The number of ether oxygens (including phenoxy) is 1. The number of rotatable bonds is 0. The fraction of sp³-hybridized carbons (Fsp3) is 1.00. The monoisotopic (exact) mass is 171 g/mol. The fourth-order valence-corrected chi connectivity index (χ4v) is 1.58. The van der Waals surface area contributed by atoms with E-state index in [9.17, 15) is 0 Å². The van der Waals surface area contributed by atoms with E-state index in [4.69, 9.17) is 4.74 Å². The van der Waals surface area contributed by atoms with Crippen LogP contribution in [0.3, 0.4) is 0 Å². The van der Waals surface area contributed by atoms with Crippen LogP contribution < -0.4 is 5.32 Å². The molecular weight excluding hydrogens is 150 g/mol. The Bertz CT molecular complexity index is 52.8. The molecule has 0 amide bonds. The molecule has 1 N–H and O–H groups in total. The highest BCUT2D eigenvalue weighted by molar-refractivity contribution is 4.51. The SMILES string of the molecule is C1CCCCC1.C1COCCN1. The van der Waals surface area contributed by atoms with Crippen LogP contribution in [0.15, 0.2) is 0 Å². The van der Waals surface area contributed by atoms with Gasteiger partial charge in [-0.1, -0.05) is 38.5 Å². The molecule has 0 aromatic carbocycles. The second kappa shape index (κ2) is 7.56. The number of morpholine rings is 1. The number of hydrogen-bond acceptors (Lipinski definition) is 2. The molecule has 0 unspecified atom stereocenters. The van der Waals surface area contributed by atoms with Gasteiger partial charge >= 0.3 is 0 Å². The largest absolute Gasteiger partial charge is 0.379 e. The second-order valence-corrected chi connectivity index (χ2v) is 3.48. The molecule has 1 heterocycles. The zero-order valence-electron chi connectivity index (χ0n) is 7.98. The van der Waals surface area contributed by atoms with Gasteiger partial charge in [-0.2, -0.15) is 0 Å². The summed E-state index contributed by atoms with van der Waals surface area (Å²) in [6.45, 7) is 3.83. The van der Waals surface area contributed by atoms with Crippen molar-refractivity contribution in [2.45, 2.75) is 38.5 Å². The van der Waals surface area contributed by atoms with Gasteiger partial charge in [0.1, 0.15) is 0 Å². The maximum Gasteiger partial charge on any atom is 0.0591 e. The van der Waals surface area contributed by atoms with Crippen molar-refractivity contribution in [3.05, 3.63) is 0 Å². The molecule has 1 saturated carbocycles. The molecule has 1 aliphatic carbocycles. The van der Waals surface area contributed by atoms with Gasteiger partial charge in [-0.15, -0.1) is 0 Å². The lowest BCUT2D eigenvalue weighted by molar-refractivity contribution is 0.109. The average Bonchev–Trinajstić information content (AvgIpc) is 2.24. The van der Waals surface area contributed by atoms with Crippen LogP contribution in [-0.4, -0.2) is 26.3 Å². The van der Waals surface area contributed by atoms with Crippen LogP contribution in [0.1, 0.15) is 38.5 Å². The van der Waals surface area contributed by atoms with Crippen molar-refractivity contribution in [3.8, 4) is 0 Å². The molecule has 0 atom stereocenters. The molecule has 1 saturated heterocycles. The van der Waals surface area contributed by atoms with Gasteiger partial charge in [-0.05, 0) is 0 Å². The Kier molecular flexibility index (Phi) is 6.30. The van der Waals surface area contributed by atoms with Crippen molar-refractivity contribution >= 4 is 0 Å². The molecule has 0 spiro atoms. The third-order valence-corrected chi connectivity index (χ3v) is 2.35. The first-order valence-corrected chi connectivity index (χ1v) is 5.28. The molecule has 1 aliphatic heterocycles. The van der Waals surface area contributed by atoms with Gasteiger partial charge in [0.15, 0.2) is 0 Å². The Morgan fingerprint density at radius 2 is 1.08 bits per heavy atom. The van der Waals surface area contributed by atoms with E-state index in [1.807, 2.05) is 0 Å². The molecule has 2 aliphatic rings. The van der Waals surface area contributed by atoms with Crippen molar-refractivity contribution in [2.24, 2.45) is 0 Å². The van der Waals surface area contributed by atoms with E-state index in [1.165, 1.54) is 38.5 Å². The Morgan fingerprint density at radius 1 is 0.667 bits per heavy atom. The highest BCUT2D eigenvalue weighted by Crippen LogP contribution is 2.15. The van der Waals surface area contributed by atoms with Crippen LogP contribution in [0, 0.1) is 0 Å². The van der Waals surface area contributed by atoms with Gasteiger partial charge < -0.3 is 10.1 Å². The lowest BCUT2D eigenvalue weighted by Gasteiger charge is -2.10. The Morgan fingerprint density at radius 3 is 1.25 bits per heavy atom. The molecule has 0 radical (unpaired) electrons. The predicted octanol–water partition coefficient (Wildman–Crippen LogP) is 1.95. The van der Waals surface area contributed by atoms with E-state index >= 15 is 0 Å². The van der Waals surface area contributed by atoms with Gasteiger partial charge in [-0.25, -0.2) is 0 Å². The standard InChI is InChI=1S/C6H12.C4H9NO/c1-2-4-6-5-3-1;1-3-6-4-2-5-1/h1-6H2;5H,1-4H2. The molecule has 2 fully saturated rings. The van der Waals surface area contributed by atoms with Crippen LogP contribution in [0.4, 0.5) is 0 Å². The van der Waals surface area contributed by atoms with Gasteiger partial charge in [-0.3, -0.25) is 0 Å². The van der Waals surface area contributed by atoms with E-state index in [-0.39, 0.29) is 0 Å². The number of nitrogens with one attached hydrogen (secondary N) is 1. The first-order chi connectivity index (χ1) is 6.00. The van der Waals surface area contributed by atoms with Crippen molar-refractivity contribution in [1.82, 2.24) is 5.32 Å². The van der Waals surface area contributed by atoms with Gasteiger partial charge in [0.25, 0.3) is 0 Å². The topological polar surface area (TPSA) is 21.3 Å². The summed E-state index contributed by atoms with van der Waals surface area (Å²) in [6, 6.07) is 0. The molecule has 0 bridgehead atoms. The Labute approximate surface area is 75.7 Å². The quantitative estimate of drug-likeness (QED) is 0.601. The molecule has 2 nitrogen and oxygen atoms in total. The molecule has 2 rings (SSSR count). The summed E-state index contributed by atoms with van der Waals surface area (Å²) < 4.78 is 5.01. The van der Waals surface area contributed by atoms with E-state index in [0.717, 1.165) is 26.3 Å². The second-order valence-electron chi connectivity index (χ2n) is 3.48. The van der Waals surface area contributed by atoms with E-state index in [1.54, 1.807) is 0 Å². The molecule has 2 heteroatoms. The summed E-state index contributed by atoms with van der Waals surface area (Å²) in [4.78, 5) is 0. The van der Waals surface area contributed by atoms with E-state index < -0.39 is 0 Å². The molecule has 0 aromatic heterocycles. The normalized spacial score (nSPS) is 24.0. The third kappa shape index (κ3) is 5.56. The molecular formula is C10H21NO. The highest BCUT2D eigenvalue weighted by atomic mass is 16.5. The van der Waals surface area contributed by atoms with Gasteiger partial charge in [0.2, 0.25) is 0 Å². The summed E-state index contributed by atoms with van der Waals surface area (Å²) in [7, 11) is 0. The van der Waals surface area contributed by atoms with Crippen LogP contribution >= 0.6 is 0 Å². The molecule has 12 heavy (non-hydrogen) atoms. The van der Waals surface area contributed by atoms with E-state index in [2.05, 4.69) is 5.32 Å². The minimum Gasteiger partial charge on any atom is -0.379 e. The van der Waals surface area contributed by atoms with E-state index in [0.29, 0.717) is 0 Å². The van der Waals surface area contributed by atoms with Gasteiger partial charge in [0, 0.05) is 13.1 Å². The highest BCUT2D eigenvalue weighted by Gasteiger charge is 1.95. The number of hydrogen-bond donors (Lipinski definition) is 1. The third-order valence-electron chi connectivity index (χ3n) is 2.35.